The van der Waals surface area contributed by atoms with Crippen molar-refractivity contribution < 1.29 is 27.9 Å². The molecule has 10 heteroatoms. The molecule has 2 amide bonds. The van der Waals surface area contributed by atoms with Crippen LogP contribution in [0.1, 0.15) is 6.92 Å². The Labute approximate surface area is 154 Å². The summed E-state index contributed by atoms with van der Waals surface area (Å²) in [7, 11) is -3.82. The molecule has 1 unspecified atom stereocenters. The lowest BCUT2D eigenvalue weighted by Crippen LogP contribution is -2.70. The molecule has 1 aromatic carbocycles. The van der Waals surface area contributed by atoms with Crippen molar-refractivity contribution in [3.8, 4) is 0 Å². The van der Waals surface area contributed by atoms with Crippen molar-refractivity contribution in [1.29, 1.82) is 0 Å². The van der Waals surface area contributed by atoms with Crippen LogP contribution in [0.3, 0.4) is 0 Å². The number of rotatable bonds is 5. The SMILES string of the molecule is CC1=C(C(=O)O)N2C(=O)C(NC(=O)CS(=O)(=O)c3ccccc3)[C@@H]2SC1. The van der Waals surface area contributed by atoms with Crippen LogP contribution in [-0.2, 0) is 24.2 Å². The van der Waals surface area contributed by atoms with Gasteiger partial charge in [0.2, 0.25) is 5.91 Å². The molecule has 0 aromatic heterocycles. The molecule has 8 nitrogen and oxygen atoms in total. The zero-order valence-electron chi connectivity index (χ0n) is 13.7. The van der Waals surface area contributed by atoms with Gasteiger partial charge in [-0.05, 0) is 24.6 Å². The molecule has 0 radical (unpaired) electrons. The molecular formula is C16H16N2O6S2. The Morgan fingerprint density at radius 2 is 1.96 bits per heavy atom. The molecule has 3 rings (SSSR count). The van der Waals surface area contributed by atoms with Crippen molar-refractivity contribution >= 4 is 39.4 Å². The van der Waals surface area contributed by atoms with Crippen LogP contribution < -0.4 is 5.32 Å². The monoisotopic (exact) mass is 396 g/mol. The van der Waals surface area contributed by atoms with Crippen LogP contribution in [0.5, 0.6) is 0 Å². The average Bonchev–Trinajstić information content (AvgIpc) is 2.59. The van der Waals surface area contributed by atoms with Crippen molar-refractivity contribution in [1.82, 2.24) is 10.2 Å². The second kappa shape index (κ2) is 6.76. The maximum atomic E-state index is 12.3. The number of carbonyl (C=O) groups is 3. The molecule has 1 aromatic rings. The number of nitrogens with one attached hydrogen (secondary N) is 1. The lowest BCUT2D eigenvalue weighted by molar-refractivity contribution is -0.150. The second-order valence-electron chi connectivity index (χ2n) is 5.96. The molecule has 2 aliphatic rings. The van der Waals surface area contributed by atoms with E-state index in [1.165, 1.54) is 23.9 Å². The highest BCUT2D eigenvalue weighted by Crippen LogP contribution is 2.40. The van der Waals surface area contributed by atoms with Crippen molar-refractivity contribution in [3.05, 3.63) is 41.6 Å². The first kappa shape index (κ1) is 18.5. The highest BCUT2D eigenvalue weighted by molar-refractivity contribution is 8.00. The van der Waals surface area contributed by atoms with E-state index in [-0.39, 0.29) is 10.6 Å². The third kappa shape index (κ3) is 3.21. The first-order valence-electron chi connectivity index (χ1n) is 7.67. The minimum Gasteiger partial charge on any atom is -0.477 e. The van der Waals surface area contributed by atoms with Gasteiger partial charge in [-0.15, -0.1) is 11.8 Å². The minimum absolute atomic E-state index is 0.0236. The molecule has 2 N–H and O–H groups in total. The molecule has 0 aliphatic carbocycles. The number of carboxylic acids is 1. The van der Waals surface area contributed by atoms with E-state index in [2.05, 4.69) is 5.32 Å². The van der Waals surface area contributed by atoms with Crippen LogP contribution in [-0.4, -0.2) is 59.1 Å². The molecule has 1 saturated heterocycles. The largest absolute Gasteiger partial charge is 0.477 e. The molecule has 2 aliphatic heterocycles. The maximum absolute atomic E-state index is 12.3. The van der Waals surface area contributed by atoms with Crippen LogP contribution in [0, 0.1) is 0 Å². The summed E-state index contributed by atoms with van der Waals surface area (Å²) in [5.74, 6) is -2.90. The fourth-order valence-corrected chi connectivity index (χ4v) is 5.33. The fraction of sp³-hybridized carbons (Fsp3) is 0.312. The van der Waals surface area contributed by atoms with Crippen molar-refractivity contribution in [2.75, 3.05) is 11.5 Å². The van der Waals surface area contributed by atoms with E-state index in [0.29, 0.717) is 11.3 Å². The first-order chi connectivity index (χ1) is 12.2. The number of carbonyl (C=O) groups excluding carboxylic acids is 2. The van der Waals surface area contributed by atoms with E-state index < -0.39 is 44.8 Å². The summed E-state index contributed by atoms with van der Waals surface area (Å²) in [6.07, 6.45) is 0. The molecule has 0 saturated carbocycles. The molecule has 2 heterocycles. The van der Waals surface area contributed by atoms with Crippen molar-refractivity contribution in [3.63, 3.8) is 0 Å². The van der Waals surface area contributed by atoms with E-state index in [0.717, 1.165) is 4.90 Å². The Morgan fingerprint density at radius 1 is 1.31 bits per heavy atom. The minimum atomic E-state index is -3.82. The van der Waals surface area contributed by atoms with Crippen LogP contribution >= 0.6 is 11.8 Å². The van der Waals surface area contributed by atoms with E-state index in [9.17, 15) is 27.9 Å². The van der Waals surface area contributed by atoms with Crippen LogP contribution in [0.2, 0.25) is 0 Å². The third-order valence-corrected chi connectivity index (χ3v) is 7.16. The maximum Gasteiger partial charge on any atom is 0.352 e. The van der Waals surface area contributed by atoms with Gasteiger partial charge in [0.25, 0.3) is 5.91 Å². The number of carboxylic acid groups (broad SMARTS) is 1. The van der Waals surface area contributed by atoms with Gasteiger partial charge in [-0.3, -0.25) is 14.5 Å². The molecule has 26 heavy (non-hydrogen) atoms. The zero-order chi connectivity index (χ0) is 19.1. The molecule has 0 spiro atoms. The summed E-state index contributed by atoms with van der Waals surface area (Å²) in [6.45, 7) is 1.64. The summed E-state index contributed by atoms with van der Waals surface area (Å²) in [4.78, 5) is 36.9. The average molecular weight is 396 g/mol. The van der Waals surface area contributed by atoms with Crippen molar-refractivity contribution in [2.45, 2.75) is 23.2 Å². The number of amides is 2. The number of nitrogens with zero attached hydrogens (tertiary/aromatic N) is 1. The normalized spacial score (nSPS) is 22.5. The van der Waals surface area contributed by atoms with E-state index in [4.69, 9.17) is 0 Å². The number of hydrogen-bond donors (Lipinski definition) is 2. The molecule has 2 atom stereocenters. The van der Waals surface area contributed by atoms with E-state index in [1.807, 2.05) is 0 Å². The summed E-state index contributed by atoms with van der Waals surface area (Å²) in [5.41, 5.74) is 0.504. The van der Waals surface area contributed by atoms with Gasteiger partial charge in [-0.2, -0.15) is 0 Å². The Hall–Kier alpha value is -2.33. The third-order valence-electron chi connectivity index (χ3n) is 4.10. The number of sulfone groups is 1. The Bertz CT molecular complexity index is 910. The highest BCUT2D eigenvalue weighted by atomic mass is 32.2. The first-order valence-corrected chi connectivity index (χ1v) is 10.4. The van der Waals surface area contributed by atoms with Gasteiger partial charge >= 0.3 is 5.97 Å². The lowest BCUT2D eigenvalue weighted by Gasteiger charge is -2.49. The fourth-order valence-electron chi connectivity index (χ4n) is 2.87. The van der Waals surface area contributed by atoms with Gasteiger partial charge in [0.05, 0.1) is 4.90 Å². The highest BCUT2D eigenvalue weighted by Gasteiger charge is 2.53. The topological polar surface area (TPSA) is 121 Å². The smallest absolute Gasteiger partial charge is 0.352 e. The van der Waals surface area contributed by atoms with Gasteiger partial charge in [-0.1, -0.05) is 18.2 Å². The van der Waals surface area contributed by atoms with Gasteiger partial charge in [0.1, 0.15) is 22.9 Å². The zero-order valence-corrected chi connectivity index (χ0v) is 15.3. The van der Waals surface area contributed by atoms with Crippen LogP contribution in [0.4, 0.5) is 0 Å². The number of benzene rings is 1. The van der Waals surface area contributed by atoms with Gasteiger partial charge in [0, 0.05) is 5.75 Å². The Morgan fingerprint density at radius 3 is 2.58 bits per heavy atom. The van der Waals surface area contributed by atoms with Crippen LogP contribution in [0.15, 0.2) is 46.5 Å². The number of aliphatic carboxylic acids is 1. The summed E-state index contributed by atoms with van der Waals surface area (Å²) in [6, 6.07) is 6.63. The Balaban J connectivity index is 1.69. The molecule has 1 fully saturated rings. The number of β-lactam (4-membered cyclic amide) rings is 1. The predicted octanol–water partition coefficient (Wildman–Crippen LogP) is 0.219. The van der Waals surface area contributed by atoms with E-state index >= 15 is 0 Å². The van der Waals surface area contributed by atoms with Gasteiger partial charge in [-0.25, -0.2) is 13.2 Å². The predicted molar refractivity (Wildman–Crippen MR) is 93.9 cm³/mol. The van der Waals surface area contributed by atoms with Gasteiger partial charge < -0.3 is 10.4 Å². The summed E-state index contributed by atoms with van der Waals surface area (Å²) < 4.78 is 24.5. The standard InChI is InChI=1S/C16H16N2O6S2/c1-9-7-25-15-12(14(20)18(15)13(9)16(21)22)17-11(19)8-26(23,24)10-5-3-2-4-6-10/h2-6,12,15H,7-8H2,1H3,(H,17,19)(H,21,22)/t12?,15-/m0/s1. The molecule has 0 bridgehead atoms. The Kier molecular flexibility index (Phi) is 4.80. The van der Waals surface area contributed by atoms with Crippen LogP contribution in [0.25, 0.3) is 0 Å². The van der Waals surface area contributed by atoms with Gasteiger partial charge in [0.15, 0.2) is 9.84 Å². The molecular weight excluding hydrogens is 380 g/mol. The van der Waals surface area contributed by atoms with Crippen molar-refractivity contribution in [2.24, 2.45) is 0 Å². The van der Waals surface area contributed by atoms with E-state index in [1.54, 1.807) is 25.1 Å². The summed E-state index contributed by atoms with van der Waals surface area (Å²) in [5, 5.41) is 11.1. The summed E-state index contributed by atoms with van der Waals surface area (Å²) >= 11 is 1.33. The number of hydrogen-bond acceptors (Lipinski definition) is 6. The lowest BCUT2D eigenvalue weighted by atomic mass is 10.0. The number of thioether (sulfide) groups is 1. The quantitative estimate of drug-likeness (QED) is 0.683. The second-order valence-corrected chi connectivity index (χ2v) is 9.06. The molecule has 138 valence electrons. The number of fused-ring (bicyclic) bond motifs is 1.